The molecular weight excluding hydrogens is 206 g/mol. The number of carbonyl (C=O) groups is 1. The summed E-state index contributed by atoms with van der Waals surface area (Å²) < 4.78 is 25.7. The third kappa shape index (κ3) is 1.54. The van der Waals surface area contributed by atoms with Crippen molar-refractivity contribution in [3.05, 3.63) is 35.7 Å². The van der Waals surface area contributed by atoms with Gasteiger partial charge in [-0.05, 0) is 12.1 Å². The summed E-state index contributed by atoms with van der Waals surface area (Å²) in [5.74, 6) is -1.13. The highest BCUT2D eigenvalue weighted by Gasteiger charge is 2.13. The molecule has 0 fully saturated rings. The standard InChI is InChI=1S/C9H6F2N2O2/c10-8(11)5-1-2-7-6(9(14)15)3-12-13(7)4-5/h1-4,8H,(H,14,15). The van der Waals surface area contributed by atoms with E-state index in [9.17, 15) is 13.6 Å². The second-order valence-corrected chi connectivity index (χ2v) is 2.96. The van der Waals surface area contributed by atoms with Gasteiger partial charge in [0.05, 0.1) is 11.7 Å². The van der Waals surface area contributed by atoms with Crippen LogP contribution in [0.1, 0.15) is 22.3 Å². The number of halogens is 2. The summed E-state index contributed by atoms with van der Waals surface area (Å²) in [6.07, 6.45) is -0.341. The zero-order valence-electron chi connectivity index (χ0n) is 7.39. The molecule has 0 bridgehead atoms. The number of aromatic carboxylic acids is 1. The Kier molecular flexibility index (Phi) is 2.11. The normalized spacial score (nSPS) is 11.1. The first-order valence-electron chi connectivity index (χ1n) is 4.08. The van der Waals surface area contributed by atoms with Crippen LogP contribution in [0.3, 0.4) is 0 Å². The molecular formula is C9H6F2N2O2. The zero-order chi connectivity index (χ0) is 11.0. The lowest BCUT2D eigenvalue weighted by Gasteiger charge is -2.00. The first-order chi connectivity index (χ1) is 7.09. The number of rotatable bonds is 2. The number of nitrogens with zero attached hydrogens (tertiary/aromatic N) is 2. The van der Waals surface area contributed by atoms with E-state index < -0.39 is 12.4 Å². The third-order valence-electron chi connectivity index (χ3n) is 2.02. The van der Waals surface area contributed by atoms with Crippen molar-refractivity contribution in [2.24, 2.45) is 0 Å². The molecule has 0 saturated heterocycles. The Hall–Kier alpha value is -1.98. The maximum atomic E-state index is 12.3. The molecule has 0 atom stereocenters. The molecule has 0 amide bonds. The molecule has 2 rings (SSSR count). The molecule has 0 aliphatic heterocycles. The number of alkyl halides is 2. The van der Waals surface area contributed by atoms with Crippen molar-refractivity contribution in [2.75, 3.05) is 0 Å². The first kappa shape index (κ1) is 9.57. The minimum Gasteiger partial charge on any atom is -0.478 e. The van der Waals surface area contributed by atoms with E-state index in [1.165, 1.54) is 12.1 Å². The molecule has 6 heteroatoms. The van der Waals surface area contributed by atoms with Gasteiger partial charge in [0.15, 0.2) is 0 Å². The van der Waals surface area contributed by atoms with Gasteiger partial charge in [-0.15, -0.1) is 0 Å². The van der Waals surface area contributed by atoms with Crippen LogP contribution in [-0.4, -0.2) is 20.7 Å². The number of pyridine rings is 1. The van der Waals surface area contributed by atoms with Gasteiger partial charge in [0.1, 0.15) is 5.56 Å². The molecule has 0 saturated carbocycles. The third-order valence-corrected chi connectivity index (χ3v) is 2.02. The molecule has 0 radical (unpaired) electrons. The summed E-state index contributed by atoms with van der Waals surface area (Å²) >= 11 is 0. The second-order valence-electron chi connectivity index (χ2n) is 2.96. The lowest BCUT2D eigenvalue weighted by atomic mass is 10.2. The van der Waals surface area contributed by atoms with Crippen molar-refractivity contribution in [1.29, 1.82) is 0 Å². The van der Waals surface area contributed by atoms with E-state index in [-0.39, 0.29) is 11.1 Å². The van der Waals surface area contributed by atoms with E-state index >= 15 is 0 Å². The van der Waals surface area contributed by atoms with Crippen LogP contribution < -0.4 is 0 Å². The highest BCUT2D eigenvalue weighted by molar-refractivity contribution is 5.95. The van der Waals surface area contributed by atoms with Gasteiger partial charge in [0, 0.05) is 11.8 Å². The Bertz CT molecular complexity index is 522. The highest BCUT2D eigenvalue weighted by atomic mass is 19.3. The molecule has 2 aromatic heterocycles. The maximum Gasteiger partial charge on any atom is 0.339 e. The van der Waals surface area contributed by atoms with Gasteiger partial charge in [-0.2, -0.15) is 5.10 Å². The van der Waals surface area contributed by atoms with Crippen molar-refractivity contribution in [2.45, 2.75) is 6.43 Å². The van der Waals surface area contributed by atoms with Gasteiger partial charge in [-0.1, -0.05) is 0 Å². The summed E-state index contributed by atoms with van der Waals surface area (Å²) in [6, 6.07) is 2.51. The van der Waals surface area contributed by atoms with Gasteiger partial charge in [-0.3, -0.25) is 0 Å². The minimum atomic E-state index is -2.59. The molecule has 15 heavy (non-hydrogen) atoms. The molecule has 0 aliphatic carbocycles. The number of hydrogen-bond acceptors (Lipinski definition) is 2. The van der Waals surface area contributed by atoms with Gasteiger partial charge in [0.25, 0.3) is 6.43 Å². The lowest BCUT2D eigenvalue weighted by molar-refractivity contribution is 0.0699. The zero-order valence-corrected chi connectivity index (χ0v) is 7.39. The van der Waals surface area contributed by atoms with Crippen molar-refractivity contribution >= 4 is 11.5 Å². The van der Waals surface area contributed by atoms with Crippen molar-refractivity contribution in [3.8, 4) is 0 Å². The van der Waals surface area contributed by atoms with Crippen LogP contribution >= 0.6 is 0 Å². The van der Waals surface area contributed by atoms with Crippen molar-refractivity contribution in [3.63, 3.8) is 0 Å². The Balaban J connectivity index is 2.61. The predicted molar refractivity (Wildman–Crippen MR) is 47.1 cm³/mol. The van der Waals surface area contributed by atoms with E-state index in [0.717, 1.165) is 16.9 Å². The Morgan fingerprint density at radius 2 is 2.20 bits per heavy atom. The number of fused-ring (bicyclic) bond motifs is 1. The van der Waals surface area contributed by atoms with Crippen LogP contribution in [0.4, 0.5) is 8.78 Å². The average Bonchev–Trinajstić information content (AvgIpc) is 2.59. The van der Waals surface area contributed by atoms with Crippen LogP contribution in [0, 0.1) is 0 Å². The number of aromatic nitrogens is 2. The van der Waals surface area contributed by atoms with Crippen molar-refractivity contribution < 1.29 is 18.7 Å². The fraction of sp³-hybridized carbons (Fsp3) is 0.111. The highest BCUT2D eigenvalue weighted by Crippen LogP contribution is 2.20. The molecule has 0 aliphatic rings. The van der Waals surface area contributed by atoms with Gasteiger partial charge >= 0.3 is 5.97 Å². The van der Waals surface area contributed by atoms with Crippen LogP contribution in [0.15, 0.2) is 24.5 Å². The fourth-order valence-corrected chi connectivity index (χ4v) is 1.29. The minimum absolute atomic E-state index is 0.00387. The molecule has 2 aromatic rings. The predicted octanol–water partition coefficient (Wildman–Crippen LogP) is 1.97. The van der Waals surface area contributed by atoms with E-state index in [2.05, 4.69) is 5.10 Å². The smallest absolute Gasteiger partial charge is 0.339 e. The summed E-state index contributed by atoms with van der Waals surface area (Å²) in [7, 11) is 0. The van der Waals surface area contributed by atoms with Crippen LogP contribution in [0.5, 0.6) is 0 Å². The Morgan fingerprint density at radius 3 is 2.80 bits per heavy atom. The fourth-order valence-electron chi connectivity index (χ4n) is 1.29. The topological polar surface area (TPSA) is 54.6 Å². The molecule has 2 heterocycles. The molecule has 4 nitrogen and oxygen atoms in total. The lowest BCUT2D eigenvalue weighted by Crippen LogP contribution is -1.96. The Morgan fingerprint density at radius 1 is 1.47 bits per heavy atom. The summed E-state index contributed by atoms with van der Waals surface area (Å²) in [4.78, 5) is 10.7. The van der Waals surface area contributed by atoms with Crippen LogP contribution in [-0.2, 0) is 0 Å². The molecule has 0 aromatic carbocycles. The average molecular weight is 212 g/mol. The monoisotopic (exact) mass is 212 g/mol. The van der Waals surface area contributed by atoms with E-state index in [1.807, 2.05) is 0 Å². The largest absolute Gasteiger partial charge is 0.478 e. The summed E-state index contributed by atoms with van der Waals surface area (Å²) in [5, 5.41) is 12.4. The summed E-state index contributed by atoms with van der Waals surface area (Å²) in [6.45, 7) is 0. The molecule has 1 N–H and O–H groups in total. The van der Waals surface area contributed by atoms with E-state index in [0.29, 0.717) is 5.52 Å². The molecule has 0 spiro atoms. The molecule has 78 valence electrons. The summed E-state index contributed by atoms with van der Waals surface area (Å²) in [5.41, 5.74) is 0.102. The van der Waals surface area contributed by atoms with Gasteiger partial charge in [-0.25, -0.2) is 18.1 Å². The first-order valence-corrected chi connectivity index (χ1v) is 4.08. The van der Waals surface area contributed by atoms with Crippen LogP contribution in [0.2, 0.25) is 0 Å². The second kappa shape index (κ2) is 3.30. The number of hydrogen-bond donors (Lipinski definition) is 1. The molecule has 0 unspecified atom stereocenters. The van der Waals surface area contributed by atoms with E-state index in [4.69, 9.17) is 5.11 Å². The van der Waals surface area contributed by atoms with Crippen LogP contribution in [0.25, 0.3) is 5.52 Å². The van der Waals surface area contributed by atoms with Gasteiger partial charge < -0.3 is 5.11 Å². The van der Waals surface area contributed by atoms with Gasteiger partial charge in [0.2, 0.25) is 0 Å². The Labute approximate surface area is 82.8 Å². The quantitative estimate of drug-likeness (QED) is 0.827. The number of carboxylic acids is 1. The van der Waals surface area contributed by atoms with Crippen molar-refractivity contribution in [1.82, 2.24) is 9.61 Å². The van der Waals surface area contributed by atoms with E-state index in [1.54, 1.807) is 0 Å². The number of carboxylic acid groups (broad SMARTS) is 1. The maximum absolute atomic E-state index is 12.3. The SMILES string of the molecule is O=C(O)c1cnn2cc(C(F)F)ccc12.